The van der Waals surface area contributed by atoms with Crippen LogP contribution in [0, 0.1) is 6.92 Å². The fourth-order valence-electron chi connectivity index (χ4n) is 2.22. The fourth-order valence-corrected chi connectivity index (χ4v) is 2.22. The molecule has 0 atom stereocenters. The standard InChI is InChI=1S/C17H17NO4/c1-12-4-2-3-5-14(12)17(19)18-8-9-20-13-6-7-15-16(10-13)22-11-21-15/h2-7,10H,8-9,11H2,1H3,(H,18,19). The lowest BCUT2D eigenvalue weighted by molar-refractivity contribution is 0.0946. The molecule has 3 rings (SSSR count). The molecule has 0 fully saturated rings. The summed E-state index contributed by atoms with van der Waals surface area (Å²) in [7, 11) is 0. The lowest BCUT2D eigenvalue weighted by atomic mass is 10.1. The van der Waals surface area contributed by atoms with Gasteiger partial charge >= 0.3 is 0 Å². The highest BCUT2D eigenvalue weighted by Gasteiger charge is 2.13. The van der Waals surface area contributed by atoms with Crippen molar-refractivity contribution in [3.8, 4) is 17.2 Å². The smallest absolute Gasteiger partial charge is 0.251 e. The molecule has 5 heteroatoms. The van der Waals surface area contributed by atoms with Gasteiger partial charge in [0.2, 0.25) is 6.79 Å². The average Bonchev–Trinajstić information content (AvgIpc) is 2.99. The lowest BCUT2D eigenvalue weighted by Gasteiger charge is -2.09. The molecule has 0 bridgehead atoms. The second kappa shape index (κ2) is 6.39. The summed E-state index contributed by atoms with van der Waals surface area (Å²) in [5.41, 5.74) is 1.64. The van der Waals surface area contributed by atoms with Gasteiger partial charge < -0.3 is 19.5 Å². The van der Waals surface area contributed by atoms with E-state index < -0.39 is 0 Å². The number of amides is 1. The van der Waals surface area contributed by atoms with Gasteiger partial charge in [-0.2, -0.15) is 0 Å². The number of ether oxygens (including phenoxy) is 3. The summed E-state index contributed by atoms with van der Waals surface area (Å²) >= 11 is 0. The number of rotatable bonds is 5. The number of aryl methyl sites for hydroxylation is 1. The molecule has 22 heavy (non-hydrogen) atoms. The first-order valence-electron chi connectivity index (χ1n) is 7.10. The van der Waals surface area contributed by atoms with E-state index in [0.29, 0.717) is 30.2 Å². The van der Waals surface area contributed by atoms with Crippen LogP contribution in [0.4, 0.5) is 0 Å². The van der Waals surface area contributed by atoms with Crippen LogP contribution >= 0.6 is 0 Å². The molecule has 1 amide bonds. The van der Waals surface area contributed by atoms with Gasteiger partial charge in [-0.15, -0.1) is 0 Å². The van der Waals surface area contributed by atoms with Crippen LogP contribution in [0.15, 0.2) is 42.5 Å². The Hall–Kier alpha value is -2.69. The Labute approximate surface area is 128 Å². The first kappa shape index (κ1) is 14.3. The quantitative estimate of drug-likeness (QED) is 0.862. The third-order valence-corrected chi connectivity index (χ3v) is 3.39. The van der Waals surface area contributed by atoms with E-state index in [2.05, 4.69) is 5.32 Å². The molecule has 5 nitrogen and oxygen atoms in total. The normalized spacial score (nSPS) is 12.0. The highest BCUT2D eigenvalue weighted by Crippen LogP contribution is 2.34. The second-order valence-electron chi connectivity index (χ2n) is 4.93. The van der Waals surface area contributed by atoms with Crippen LogP contribution in [-0.2, 0) is 0 Å². The van der Waals surface area contributed by atoms with Crippen LogP contribution in [0.25, 0.3) is 0 Å². The monoisotopic (exact) mass is 299 g/mol. The van der Waals surface area contributed by atoms with E-state index in [1.54, 1.807) is 6.07 Å². The molecule has 1 aliphatic heterocycles. The molecular weight excluding hydrogens is 282 g/mol. The van der Waals surface area contributed by atoms with Crippen molar-refractivity contribution in [2.24, 2.45) is 0 Å². The molecule has 1 aliphatic rings. The number of carbonyl (C=O) groups is 1. The highest BCUT2D eigenvalue weighted by atomic mass is 16.7. The van der Waals surface area contributed by atoms with Crippen LogP contribution < -0.4 is 19.5 Å². The molecule has 0 saturated carbocycles. The third-order valence-electron chi connectivity index (χ3n) is 3.39. The number of hydrogen-bond acceptors (Lipinski definition) is 4. The molecule has 114 valence electrons. The Morgan fingerprint density at radius 1 is 1.18 bits per heavy atom. The minimum absolute atomic E-state index is 0.0904. The van der Waals surface area contributed by atoms with Gasteiger partial charge in [0.25, 0.3) is 5.91 Å². The molecular formula is C17H17NO4. The van der Waals surface area contributed by atoms with E-state index in [0.717, 1.165) is 11.3 Å². The SMILES string of the molecule is Cc1ccccc1C(=O)NCCOc1ccc2c(c1)OCO2. The molecule has 0 radical (unpaired) electrons. The average molecular weight is 299 g/mol. The summed E-state index contributed by atoms with van der Waals surface area (Å²) in [6.45, 7) is 2.97. The van der Waals surface area contributed by atoms with Gasteiger partial charge in [0.15, 0.2) is 11.5 Å². The van der Waals surface area contributed by atoms with Crippen molar-refractivity contribution in [2.75, 3.05) is 19.9 Å². The predicted octanol–water partition coefficient (Wildman–Crippen LogP) is 2.53. The third kappa shape index (κ3) is 3.14. The Morgan fingerprint density at radius 2 is 2.00 bits per heavy atom. The Balaban J connectivity index is 1.48. The van der Waals surface area contributed by atoms with Crippen molar-refractivity contribution in [2.45, 2.75) is 6.92 Å². The van der Waals surface area contributed by atoms with Gasteiger partial charge in [0.1, 0.15) is 12.4 Å². The number of benzene rings is 2. The first-order valence-corrected chi connectivity index (χ1v) is 7.10. The zero-order chi connectivity index (χ0) is 15.4. The van der Waals surface area contributed by atoms with Gasteiger partial charge in [0.05, 0.1) is 6.54 Å². The van der Waals surface area contributed by atoms with Crippen molar-refractivity contribution in [3.05, 3.63) is 53.6 Å². The van der Waals surface area contributed by atoms with Gasteiger partial charge in [0, 0.05) is 11.6 Å². The molecule has 2 aromatic carbocycles. The summed E-state index contributed by atoms with van der Waals surface area (Å²) in [6.07, 6.45) is 0. The van der Waals surface area contributed by atoms with E-state index >= 15 is 0 Å². The molecule has 1 N–H and O–H groups in total. The van der Waals surface area contributed by atoms with Gasteiger partial charge in [-0.25, -0.2) is 0 Å². The van der Waals surface area contributed by atoms with E-state index in [1.807, 2.05) is 43.3 Å². The minimum Gasteiger partial charge on any atom is -0.492 e. The van der Waals surface area contributed by atoms with Gasteiger partial charge in [-0.3, -0.25) is 4.79 Å². The maximum atomic E-state index is 12.0. The maximum absolute atomic E-state index is 12.0. The molecule has 0 saturated heterocycles. The molecule has 0 unspecified atom stereocenters. The number of carbonyl (C=O) groups excluding carboxylic acids is 1. The fraction of sp³-hybridized carbons (Fsp3) is 0.235. The number of fused-ring (bicyclic) bond motifs is 1. The molecule has 0 aliphatic carbocycles. The van der Waals surface area contributed by atoms with E-state index in [-0.39, 0.29) is 12.7 Å². The van der Waals surface area contributed by atoms with E-state index in [4.69, 9.17) is 14.2 Å². The largest absolute Gasteiger partial charge is 0.492 e. The topological polar surface area (TPSA) is 56.8 Å². The van der Waals surface area contributed by atoms with Crippen molar-refractivity contribution in [1.29, 1.82) is 0 Å². The van der Waals surface area contributed by atoms with Crippen LogP contribution in [0.5, 0.6) is 17.2 Å². The summed E-state index contributed by atoms with van der Waals surface area (Å²) in [6, 6.07) is 12.9. The van der Waals surface area contributed by atoms with Gasteiger partial charge in [-0.05, 0) is 30.7 Å². The van der Waals surface area contributed by atoms with E-state index in [1.165, 1.54) is 0 Å². The predicted molar refractivity (Wildman–Crippen MR) is 81.6 cm³/mol. The number of hydrogen-bond donors (Lipinski definition) is 1. The van der Waals surface area contributed by atoms with E-state index in [9.17, 15) is 4.79 Å². The van der Waals surface area contributed by atoms with Crippen molar-refractivity contribution >= 4 is 5.91 Å². The Bertz CT molecular complexity index is 684. The Morgan fingerprint density at radius 3 is 2.86 bits per heavy atom. The molecule has 0 spiro atoms. The first-order chi connectivity index (χ1) is 10.7. The highest BCUT2D eigenvalue weighted by molar-refractivity contribution is 5.95. The Kier molecular flexibility index (Phi) is 4.14. The lowest BCUT2D eigenvalue weighted by Crippen LogP contribution is -2.28. The van der Waals surface area contributed by atoms with Crippen LogP contribution in [0.1, 0.15) is 15.9 Å². The maximum Gasteiger partial charge on any atom is 0.251 e. The summed E-state index contributed by atoms with van der Waals surface area (Å²) in [5, 5.41) is 2.84. The van der Waals surface area contributed by atoms with Crippen molar-refractivity contribution in [3.63, 3.8) is 0 Å². The summed E-state index contributed by atoms with van der Waals surface area (Å²) in [4.78, 5) is 12.0. The van der Waals surface area contributed by atoms with Crippen molar-refractivity contribution < 1.29 is 19.0 Å². The van der Waals surface area contributed by atoms with Gasteiger partial charge in [-0.1, -0.05) is 18.2 Å². The minimum atomic E-state index is -0.0904. The molecule has 1 heterocycles. The zero-order valence-electron chi connectivity index (χ0n) is 12.3. The molecule has 0 aromatic heterocycles. The summed E-state index contributed by atoms with van der Waals surface area (Å²) < 4.78 is 16.1. The second-order valence-corrected chi connectivity index (χ2v) is 4.93. The zero-order valence-corrected chi connectivity index (χ0v) is 12.3. The van der Waals surface area contributed by atoms with Crippen LogP contribution in [-0.4, -0.2) is 25.9 Å². The van der Waals surface area contributed by atoms with Crippen molar-refractivity contribution in [1.82, 2.24) is 5.32 Å². The van der Waals surface area contributed by atoms with Crippen LogP contribution in [0.2, 0.25) is 0 Å². The summed E-state index contributed by atoms with van der Waals surface area (Å²) in [5.74, 6) is 2.00. The number of nitrogens with one attached hydrogen (secondary N) is 1. The molecule has 2 aromatic rings. The van der Waals surface area contributed by atoms with Crippen LogP contribution in [0.3, 0.4) is 0 Å².